The molecule has 2 unspecified atom stereocenters. The van der Waals surface area contributed by atoms with E-state index >= 15 is 0 Å². The zero-order valence-electron chi connectivity index (χ0n) is 16.1. The normalized spacial score (nSPS) is 12.8. The number of methoxy groups -OCH3 is 1. The first-order chi connectivity index (χ1) is 13.4. The van der Waals surface area contributed by atoms with Crippen LogP contribution in [0.15, 0.2) is 29.4 Å². The van der Waals surface area contributed by atoms with Crippen LogP contribution in [0.1, 0.15) is 19.4 Å². The first-order valence-electron chi connectivity index (χ1n) is 8.75. The van der Waals surface area contributed by atoms with Crippen molar-refractivity contribution in [1.82, 2.24) is 5.32 Å². The van der Waals surface area contributed by atoms with Gasteiger partial charge in [0.05, 0.1) is 20.3 Å². The number of benzene rings is 1. The van der Waals surface area contributed by atoms with Gasteiger partial charge in [-0.15, -0.1) is 0 Å². The van der Waals surface area contributed by atoms with E-state index < -0.39 is 30.1 Å². The molecule has 10 nitrogen and oxygen atoms in total. The van der Waals surface area contributed by atoms with E-state index in [1.165, 1.54) is 7.11 Å². The third-order valence-corrected chi connectivity index (χ3v) is 3.95. The Morgan fingerprint density at radius 3 is 2.29 bits per heavy atom. The standard InChI is InChI=1S/C18H26N4O6/c1-11(2)16(21-22-19)17(25)20-15(18(26)27-3)8-12-4-6-13(7-5-12)28-14(9-23)10-24/h4-7,11,14-16,23-24H,8-10H2,1-3H3,(H,20,25). The summed E-state index contributed by atoms with van der Waals surface area (Å²) >= 11 is 0. The molecule has 1 aromatic carbocycles. The fourth-order valence-electron chi connectivity index (χ4n) is 2.40. The van der Waals surface area contributed by atoms with E-state index in [1.54, 1.807) is 38.1 Å². The third-order valence-electron chi connectivity index (χ3n) is 3.95. The largest absolute Gasteiger partial charge is 0.486 e. The molecule has 0 spiro atoms. The Morgan fingerprint density at radius 2 is 1.82 bits per heavy atom. The van der Waals surface area contributed by atoms with Gasteiger partial charge in [-0.2, -0.15) is 0 Å². The van der Waals surface area contributed by atoms with Crippen molar-refractivity contribution in [3.8, 4) is 5.75 Å². The van der Waals surface area contributed by atoms with E-state index in [0.717, 1.165) is 5.56 Å². The Balaban J connectivity index is 2.88. The number of aliphatic hydroxyl groups excluding tert-OH is 2. The van der Waals surface area contributed by atoms with Gasteiger partial charge in [-0.1, -0.05) is 31.1 Å². The van der Waals surface area contributed by atoms with Crippen molar-refractivity contribution in [2.24, 2.45) is 11.0 Å². The maximum Gasteiger partial charge on any atom is 0.328 e. The summed E-state index contributed by atoms with van der Waals surface area (Å²) in [5.74, 6) is -0.981. The summed E-state index contributed by atoms with van der Waals surface area (Å²) in [7, 11) is 1.22. The zero-order chi connectivity index (χ0) is 21.1. The van der Waals surface area contributed by atoms with Crippen LogP contribution in [0.3, 0.4) is 0 Å². The molecule has 154 valence electrons. The lowest BCUT2D eigenvalue weighted by Crippen LogP contribution is -2.47. The zero-order valence-corrected chi connectivity index (χ0v) is 16.1. The molecule has 0 bridgehead atoms. The van der Waals surface area contributed by atoms with E-state index in [-0.39, 0.29) is 25.6 Å². The molecule has 1 amide bonds. The maximum absolute atomic E-state index is 12.4. The van der Waals surface area contributed by atoms with Crippen LogP contribution in [0, 0.1) is 5.92 Å². The van der Waals surface area contributed by atoms with Gasteiger partial charge in [-0.05, 0) is 29.1 Å². The van der Waals surface area contributed by atoms with Crippen LogP contribution >= 0.6 is 0 Å². The van der Waals surface area contributed by atoms with Crippen LogP contribution in [0.2, 0.25) is 0 Å². The maximum atomic E-state index is 12.4. The number of esters is 1. The summed E-state index contributed by atoms with van der Waals surface area (Å²) in [5, 5.41) is 24.2. The average molecular weight is 394 g/mol. The minimum atomic E-state index is -0.956. The Kier molecular flexibility index (Phi) is 9.80. The molecule has 0 aliphatic rings. The SMILES string of the molecule is COC(=O)C(Cc1ccc(OC(CO)CO)cc1)NC(=O)C(N=[N+]=[N-])C(C)C. The summed E-state index contributed by atoms with van der Waals surface area (Å²) in [5.41, 5.74) is 9.35. The van der Waals surface area contributed by atoms with Crippen molar-refractivity contribution in [3.63, 3.8) is 0 Å². The number of azide groups is 1. The van der Waals surface area contributed by atoms with Crippen LogP contribution < -0.4 is 10.1 Å². The number of hydrogen-bond donors (Lipinski definition) is 3. The molecule has 0 saturated carbocycles. The Labute approximate surface area is 163 Å². The van der Waals surface area contributed by atoms with Crippen molar-refractivity contribution in [2.45, 2.75) is 38.5 Å². The van der Waals surface area contributed by atoms with Gasteiger partial charge in [-0.25, -0.2) is 4.79 Å². The van der Waals surface area contributed by atoms with Gasteiger partial charge >= 0.3 is 5.97 Å². The highest BCUT2D eigenvalue weighted by Crippen LogP contribution is 2.16. The van der Waals surface area contributed by atoms with E-state index in [9.17, 15) is 9.59 Å². The molecule has 1 rings (SSSR count). The average Bonchev–Trinajstić information content (AvgIpc) is 2.69. The molecule has 0 aromatic heterocycles. The quantitative estimate of drug-likeness (QED) is 0.220. The Morgan fingerprint density at radius 1 is 1.21 bits per heavy atom. The van der Waals surface area contributed by atoms with Gasteiger partial charge in [0.2, 0.25) is 5.91 Å². The van der Waals surface area contributed by atoms with Gasteiger partial charge in [0.1, 0.15) is 23.9 Å². The van der Waals surface area contributed by atoms with Gasteiger partial charge < -0.3 is 25.0 Å². The molecule has 1 aromatic rings. The lowest BCUT2D eigenvalue weighted by Gasteiger charge is -2.21. The molecule has 10 heteroatoms. The number of hydrogen-bond acceptors (Lipinski definition) is 7. The molecule has 3 N–H and O–H groups in total. The van der Waals surface area contributed by atoms with Gasteiger partial charge in [0.15, 0.2) is 0 Å². The van der Waals surface area contributed by atoms with Crippen LogP contribution in [0.4, 0.5) is 0 Å². The van der Waals surface area contributed by atoms with E-state index in [2.05, 4.69) is 15.3 Å². The highest BCUT2D eigenvalue weighted by Gasteiger charge is 2.27. The molecule has 28 heavy (non-hydrogen) atoms. The topological polar surface area (TPSA) is 154 Å². The number of carbonyl (C=O) groups excluding carboxylic acids is 2. The van der Waals surface area contributed by atoms with E-state index in [1.807, 2.05) is 0 Å². The third kappa shape index (κ3) is 7.07. The number of nitrogens with one attached hydrogen (secondary N) is 1. The van der Waals surface area contributed by atoms with Crippen LogP contribution in [0.25, 0.3) is 10.4 Å². The molecule has 0 radical (unpaired) electrons. The highest BCUT2D eigenvalue weighted by molar-refractivity contribution is 5.88. The van der Waals surface area contributed by atoms with E-state index in [0.29, 0.717) is 5.75 Å². The lowest BCUT2D eigenvalue weighted by atomic mass is 10.0. The fraction of sp³-hybridized carbons (Fsp3) is 0.556. The van der Waals surface area contributed by atoms with Gasteiger partial charge in [0.25, 0.3) is 0 Å². The summed E-state index contributed by atoms with van der Waals surface area (Å²) in [6, 6.07) is 4.73. The fourth-order valence-corrected chi connectivity index (χ4v) is 2.40. The summed E-state index contributed by atoms with van der Waals surface area (Å²) < 4.78 is 10.1. The highest BCUT2D eigenvalue weighted by atomic mass is 16.5. The van der Waals surface area contributed by atoms with Crippen LogP contribution in [-0.4, -0.2) is 60.6 Å². The van der Waals surface area contributed by atoms with Crippen molar-refractivity contribution in [1.29, 1.82) is 0 Å². The summed E-state index contributed by atoms with van der Waals surface area (Å²) in [4.78, 5) is 27.1. The van der Waals surface area contributed by atoms with Gasteiger partial charge in [0, 0.05) is 11.3 Å². The first-order valence-corrected chi connectivity index (χ1v) is 8.75. The number of amides is 1. The second-order valence-electron chi connectivity index (χ2n) is 6.43. The second kappa shape index (κ2) is 11.8. The van der Waals surface area contributed by atoms with Crippen molar-refractivity contribution in [3.05, 3.63) is 40.3 Å². The number of nitrogens with zero attached hydrogens (tertiary/aromatic N) is 3. The van der Waals surface area contributed by atoms with Crippen molar-refractivity contribution in [2.75, 3.05) is 20.3 Å². The van der Waals surface area contributed by atoms with E-state index in [4.69, 9.17) is 25.2 Å². The number of aliphatic hydroxyl groups is 2. The summed E-state index contributed by atoms with van der Waals surface area (Å²) in [6.07, 6.45) is -0.565. The first kappa shape index (κ1) is 23.2. The molecule has 0 fully saturated rings. The molecule has 0 heterocycles. The molecular formula is C18H26N4O6. The number of rotatable bonds is 11. The molecule has 0 aliphatic heterocycles. The molecule has 0 saturated heterocycles. The molecule has 0 aliphatic carbocycles. The molecule has 2 atom stereocenters. The molecular weight excluding hydrogens is 368 g/mol. The lowest BCUT2D eigenvalue weighted by molar-refractivity contribution is -0.145. The predicted molar refractivity (Wildman–Crippen MR) is 100 cm³/mol. The minimum absolute atomic E-state index is 0.156. The predicted octanol–water partition coefficient (Wildman–Crippen LogP) is 0.954. The second-order valence-corrected chi connectivity index (χ2v) is 6.43. The Hall–Kier alpha value is -2.81. The smallest absolute Gasteiger partial charge is 0.328 e. The minimum Gasteiger partial charge on any atom is -0.486 e. The number of ether oxygens (including phenoxy) is 2. The van der Waals surface area contributed by atoms with Crippen LogP contribution in [0.5, 0.6) is 5.75 Å². The monoisotopic (exact) mass is 394 g/mol. The Bertz CT molecular complexity index is 684. The van der Waals surface area contributed by atoms with Crippen molar-refractivity contribution < 1.29 is 29.3 Å². The van der Waals surface area contributed by atoms with Crippen LogP contribution in [-0.2, 0) is 20.7 Å². The van der Waals surface area contributed by atoms with Gasteiger partial charge in [-0.3, -0.25) is 4.79 Å². The van der Waals surface area contributed by atoms with Crippen molar-refractivity contribution >= 4 is 11.9 Å². The summed E-state index contributed by atoms with van der Waals surface area (Å²) in [6.45, 7) is 2.82. The number of carbonyl (C=O) groups is 2.